The van der Waals surface area contributed by atoms with Crippen LogP contribution in [0.1, 0.15) is 12.8 Å². The van der Waals surface area contributed by atoms with Crippen LogP contribution in [0.2, 0.25) is 0 Å². The number of aliphatic carboxylic acids is 1. The summed E-state index contributed by atoms with van der Waals surface area (Å²) in [5, 5.41) is 8.55. The molecule has 1 rings (SSSR count). The summed E-state index contributed by atoms with van der Waals surface area (Å²) >= 11 is 0. The van der Waals surface area contributed by atoms with Gasteiger partial charge in [0.15, 0.2) is 0 Å². The molecule has 1 fully saturated rings. The quantitative estimate of drug-likeness (QED) is 0.586. The zero-order valence-electron chi connectivity index (χ0n) is 6.32. The van der Waals surface area contributed by atoms with E-state index < -0.39 is 12.0 Å². The highest BCUT2D eigenvalue weighted by Crippen LogP contribution is 2.15. The smallest absolute Gasteiger partial charge is 0.320 e. The van der Waals surface area contributed by atoms with Gasteiger partial charge in [0, 0.05) is 12.5 Å². The third-order valence-corrected chi connectivity index (χ3v) is 1.99. The van der Waals surface area contributed by atoms with E-state index in [1.165, 1.54) is 0 Å². The molecule has 0 aromatic carbocycles. The number of ether oxygens (including phenoxy) is 1. The molecule has 0 radical (unpaired) electrons. The first-order valence-corrected chi connectivity index (χ1v) is 3.78. The molecule has 0 aliphatic carbocycles. The fraction of sp³-hybridized carbons (Fsp3) is 0.857. The van der Waals surface area contributed by atoms with Gasteiger partial charge in [-0.2, -0.15) is 0 Å². The Labute approximate surface area is 65.3 Å². The fourth-order valence-corrected chi connectivity index (χ4v) is 1.25. The third kappa shape index (κ3) is 2.17. The Hall–Kier alpha value is -0.610. The largest absolute Gasteiger partial charge is 0.480 e. The van der Waals surface area contributed by atoms with Crippen LogP contribution in [0.15, 0.2) is 0 Å². The van der Waals surface area contributed by atoms with Crippen molar-refractivity contribution in [3.8, 4) is 0 Å². The van der Waals surface area contributed by atoms with Gasteiger partial charge in [0.25, 0.3) is 0 Å². The number of hydrogen-bond acceptors (Lipinski definition) is 3. The first-order valence-electron chi connectivity index (χ1n) is 3.78. The number of hydrogen-bond donors (Lipinski definition) is 2. The zero-order valence-corrected chi connectivity index (χ0v) is 6.32. The maximum atomic E-state index is 10.4. The van der Waals surface area contributed by atoms with Crippen molar-refractivity contribution in [3.63, 3.8) is 0 Å². The summed E-state index contributed by atoms with van der Waals surface area (Å²) < 4.78 is 5.11. The Morgan fingerprint density at radius 1 is 1.73 bits per heavy atom. The van der Waals surface area contributed by atoms with Crippen LogP contribution >= 0.6 is 0 Å². The van der Waals surface area contributed by atoms with Gasteiger partial charge >= 0.3 is 5.97 Å². The van der Waals surface area contributed by atoms with Crippen molar-refractivity contribution in [2.75, 3.05) is 13.2 Å². The van der Waals surface area contributed by atoms with Crippen molar-refractivity contribution >= 4 is 5.97 Å². The summed E-state index contributed by atoms with van der Waals surface area (Å²) in [5.41, 5.74) is 5.41. The second-order valence-corrected chi connectivity index (χ2v) is 2.84. The number of rotatable bonds is 2. The molecule has 1 saturated heterocycles. The molecule has 0 aromatic heterocycles. The summed E-state index contributed by atoms with van der Waals surface area (Å²) in [6.45, 7) is 1.23. The van der Waals surface area contributed by atoms with Crippen molar-refractivity contribution in [3.05, 3.63) is 0 Å². The van der Waals surface area contributed by atoms with Gasteiger partial charge in [0.2, 0.25) is 0 Å². The van der Waals surface area contributed by atoms with E-state index in [1.807, 2.05) is 0 Å². The lowest BCUT2D eigenvalue weighted by molar-refractivity contribution is -0.141. The van der Waals surface area contributed by atoms with Gasteiger partial charge in [-0.3, -0.25) is 4.79 Å². The van der Waals surface area contributed by atoms with Crippen LogP contribution in [0, 0.1) is 5.92 Å². The Balaban J connectivity index is 2.38. The Morgan fingerprint density at radius 2 is 2.45 bits per heavy atom. The molecule has 1 aliphatic heterocycles. The van der Waals surface area contributed by atoms with Gasteiger partial charge in [0.05, 0.1) is 6.61 Å². The molecule has 0 amide bonds. The van der Waals surface area contributed by atoms with Crippen molar-refractivity contribution in [1.29, 1.82) is 0 Å². The molecule has 0 aromatic rings. The van der Waals surface area contributed by atoms with Crippen LogP contribution in [0.3, 0.4) is 0 Å². The van der Waals surface area contributed by atoms with Crippen molar-refractivity contribution in [2.45, 2.75) is 18.9 Å². The first-order chi connectivity index (χ1) is 5.22. The molecule has 1 aliphatic rings. The maximum Gasteiger partial charge on any atom is 0.320 e. The van der Waals surface area contributed by atoms with Crippen molar-refractivity contribution < 1.29 is 14.6 Å². The first kappa shape index (κ1) is 8.49. The summed E-state index contributed by atoms with van der Waals surface area (Å²) in [4.78, 5) is 10.4. The highest BCUT2D eigenvalue weighted by atomic mass is 16.5. The van der Waals surface area contributed by atoms with E-state index in [0.717, 1.165) is 19.4 Å². The number of nitrogens with two attached hydrogens (primary N) is 1. The Bertz CT molecular complexity index is 143. The highest BCUT2D eigenvalue weighted by molar-refractivity contribution is 5.73. The molecule has 3 N–H and O–H groups in total. The molecule has 0 bridgehead atoms. The predicted octanol–water partition coefficient (Wildman–Crippen LogP) is -0.175. The van der Waals surface area contributed by atoms with Crippen LogP contribution in [0.25, 0.3) is 0 Å². The predicted molar refractivity (Wildman–Crippen MR) is 39.2 cm³/mol. The normalized spacial score (nSPS) is 27.9. The number of carboxylic acid groups (broad SMARTS) is 1. The van der Waals surface area contributed by atoms with Gasteiger partial charge < -0.3 is 15.6 Å². The molecule has 0 unspecified atom stereocenters. The van der Waals surface area contributed by atoms with Crippen LogP contribution in [-0.4, -0.2) is 30.3 Å². The van der Waals surface area contributed by atoms with E-state index in [4.69, 9.17) is 15.6 Å². The lowest BCUT2D eigenvalue weighted by atomic mass is 9.95. The van der Waals surface area contributed by atoms with Crippen molar-refractivity contribution in [1.82, 2.24) is 0 Å². The SMILES string of the molecule is N[C@@H](C(=O)O)[C@@H]1CCCOC1. The molecular formula is C7H13NO3. The number of carbonyl (C=O) groups is 1. The second kappa shape index (κ2) is 3.69. The van der Waals surface area contributed by atoms with Crippen molar-refractivity contribution in [2.24, 2.45) is 11.7 Å². The number of carboxylic acids is 1. The lowest BCUT2D eigenvalue weighted by Crippen LogP contribution is -2.41. The Morgan fingerprint density at radius 3 is 2.91 bits per heavy atom. The molecule has 64 valence electrons. The average molecular weight is 159 g/mol. The minimum atomic E-state index is -0.930. The van der Waals surface area contributed by atoms with Crippen LogP contribution in [0.5, 0.6) is 0 Å². The summed E-state index contributed by atoms with van der Waals surface area (Å²) in [6, 6.07) is -0.754. The monoisotopic (exact) mass is 159 g/mol. The molecule has 11 heavy (non-hydrogen) atoms. The van der Waals surface area contributed by atoms with Gasteiger partial charge in [-0.1, -0.05) is 0 Å². The zero-order chi connectivity index (χ0) is 8.27. The molecule has 4 nitrogen and oxygen atoms in total. The molecule has 0 saturated carbocycles. The molecule has 1 heterocycles. The topological polar surface area (TPSA) is 72.6 Å². The van der Waals surface area contributed by atoms with Crippen LogP contribution in [0.4, 0.5) is 0 Å². The second-order valence-electron chi connectivity index (χ2n) is 2.84. The average Bonchev–Trinajstić information content (AvgIpc) is 2.05. The van der Waals surface area contributed by atoms with E-state index >= 15 is 0 Å². The summed E-state index contributed by atoms with van der Waals surface area (Å²) in [6.07, 6.45) is 1.79. The van der Waals surface area contributed by atoms with E-state index in [-0.39, 0.29) is 5.92 Å². The standard InChI is InChI=1S/C7H13NO3/c8-6(7(9)10)5-2-1-3-11-4-5/h5-6H,1-4,8H2,(H,9,10)/t5-,6-/m1/s1. The van der Waals surface area contributed by atoms with Gasteiger partial charge in [-0.05, 0) is 12.8 Å². The highest BCUT2D eigenvalue weighted by Gasteiger charge is 2.25. The van der Waals surface area contributed by atoms with Crippen LogP contribution < -0.4 is 5.73 Å². The minimum Gasteiger partial charge on any atom is -0.480 e. The minimum absolute atomic E-state index is 0.00116. The molecular weight excluding hydrogens is 146 g/mol. The summed E-state index contributed by atoms with van der Waals surface area (Å²) in [5.74, 6) is -0.929. The van der Waals surface area contributed by atoms with E-state index in [9.17, 15) is 4.79 Å². The lowest BCUT2D eigenvalue weighted by Gasteiger charge is -2.24. The fourth-order valence-electron chi connectivity index (χ4n) is 1.25. The van der Waals surface area contributed by atoms with Gasteiger partial charge in [-0.25, -0.2) is 0 Å². The van der Waals surface area contributed by atoms with E-state index in [1.54, 1.807) is 0 Å². The maximum absolute atomic E-state index is 10.4. The third-order valence-electron chi connectivity index (χ3n) is 1.99. The molecule has 2 atom stereocenters. The van der Waals surface area contributed by atoms with Gasteiger partial charge in [0.1, 0.15) is 6.04 Å². The van der Waals surface area contributed by atoms with Gasteiger partial charge in [-0.15, -0.1) is 0 Å². The van der Waals surface area contributed by atoms with E-state index in [0.29, 0.717) is 6.61 Å². The molecule has 4 heteroatoms. The molecule has 0 spiro atoms. The van der Waals surface area contributed by atoms with E-state index in [2.05, 4.69) is 0 Å². The summed E-state index contributed by atoms with van der Waals surface area (Å²) in [7, 11) is 0. The van der Waals surface area contributed by atoms with Crippen LogP contribution in [-0.2, 0) is 9.53 Å². The Kier molecular flexibility index (Phi) is 2.84.